The molecule has 1 aliphatic carbocycles. The van der Waals surface area contributed by atoms with Gasteiger partial charge in [-0.3, -0.25) is 0 Å². The Hall–Kier alpha value is -1.02. The number of nitrogens with zero attached hydrogens (tertiary/aromatic N) is 1. The van der Waals surface area contributed by atoms with Crippen molar-refractivity contribution in [3.63, 3.8) is 0 Å². The van der Waals surface area contributed by atoms with E-state index >= 15 is 0 Å². The molecule has 0 radical (unpaired) electrons. The summed E-state index contributed by atoms with van der Waals surface area (Å²) in [6.45, 7) is 6.47. The largest absolute Gasteiger partial charge is 0.372 e. The van der Waals surface area contributed by atoms with Crippen molar-refractivity contribution in [1.82, 2.24) is 0 Å². The zero-order chi connectivity index (χ0) is 12.3. The Morgan fingerprint density at radius 2 is 1.88 bits per heavy atom. The van der Waals surface area contributed by atoms with Gasteiger partial charge in [0.05, 0.1) is 0 Å². The number of rotatable bonds is 5. The van der Waals surface area contributed by atoms with Gasteiger partial charge in [0.2, 0.25) is 0 Å². The number of benzene rings is 1. The Morgan fingerprint density at radius 3 is 2.35 bits per heavy atom. The summed E-state index contributed by atoms with van der Waals surface area (Å²) in [5.41, 5.74) is 9.06. The Balaban J connectivity index is 1.94. The summed E-state index contributed by atoms with van der Waals surface area (Å²) in [4.78, 5) is 2.42. The maximum absolute atomic E-state index is 6.28. The number of nitrogens with two attached hydrogens (primary N) is 1. The van der Waals surface area contributed by atoms with Gasteiger partial charge in [-0.05, 0) is 51.7 Å². The average Bonchev–Trinajstić information content (AvgIpc) is 2.30. The van der Waals surface area contributed by atoms with Crippen LogP contribution in [-0.2, 0) is 0 Å². The molecule has 2 N–H and O–H groups in total. The Labute approximate surface area is 105 Å². The van der Waals surface area contributed by atoms with E-state index in [1.54, 1.807) is 0 Å². The molecule has 0 atom stereocenters. The fraction of sp³-hybridized carbons (Fsp3) is 0.600. The van der Waals surface area contributed by atoms with Crippen LogP contribution in [0.3, 0.4) is 0 Å². The Kier molecular flexibility index (Phi) is 3.72. The number of anilines is 1. The van der Waals surface area contributed by atoms with Gasteiger partial charge in [-0.2, -0.15) is 0 Å². The van der Waals surface area contributed by atoms with Gasteiger partial charge in [0.25, 0.3) is 0 Å². The molecule has 0 amide bonds. The second-order valence-electron chi connectivity index (χ2n) is 5.38. The van der Waals surface area contributed by atoms with Crippen LogP contribution in [0.25, 0.3) is 0 Å². The second kappa shape index (κ2) is 5.09. The van der Waals surface area contributed by atoms with Gasteiger partial charge in [0, 0.05) is 24.3 Å². The van der Waals surface area contributed by atoms with Gasteiger partial charge in [-0.15, -0.1) is 0 Å². The van der Waals surface area contributed by atoms with E-state index in [0.29, 0.717) is 0 Å². The van der Waals surface area contributed by atoms with Crippen molar-refractivity contribution in [2.45, 2.75) is 45.1 Å². The van der Waals surface area contributed by atoms with Crippen LogP contribution in [-0.4, -0.2) is 18.6 Å². The molecule has 0 aromatic heterocycles. The standard InChI is InChI=1S/C15H24N2/c1-3-17(12-11-15(16)9-4-10-15)14-7-5-13(2)6-8-14/h5-8H,3-4,9-12,16H2,1-2H3. The highest BCUT2D eigenvalue weighted by molar-refractivity contribution is 5.47. The van der Waals surface area contributed by atoms with Crippen LogP contribution < -0.4 is 10.6 Å². The molecule has 94 valence electrons. The van der Waals surface area contributed by atoms with Crippen molar-refractivity contribution >= 4 is 5.69 Å². The summed E-state index contributed by atoms with van der Waals surface area (Å²) in [5, 5.41) is 0. The fourth-order valence-electron chi connectivity index (χ4n) is 2.46. The van der Waals surface area contributed by atoms with Gasteiger partial charge in [0.1, 0.15) is 0 Å². The molecule has 0 unspecified atom stereocenters. The van der Waals surface area contributed by atoms with Gasteiger partial charge >= 0.3 is 0 Å². The van der Waals surface area contributed by atoms with E-state index in [-0.39, 0.29) is 5.54 Å². The first-order valence-corrected chi connectivity index (χ1v) is 6.73. The van der Waals surface area contributed by atoms with Crippen molar-refractivity contribution in [3.05, 3.63) is 29.8 Å². The van der Waals surface area contributed by atoms with Crippen molar-refractivity contribution in [2.75, 3.05) is 18.0 Å². The summed E-state index contributed by atoms with van der Waals surface area (Å²) in [6, 6.07) is 8.78. The molecule has 0 bridgehead atoms. The quantitative estimate of drug-likeness (QED) is 0.845. The molecule has 1 fully saturated rings. The Bertz CT molecular complexity index is 352. The van der Waals surface area contributed by atoms with E-state index in [1.165, 1.54) is 30.5 Å². The molecule has 0 spiro atoms. The van der Waals surface area contributed by atoms with Crippen molar-refractivity contribution < 1.29 is 0 Å². The lowest BCUT2D eigenvalue weighted by atomic mass is 9.75. The summed E-state index contributed by atoms with van der Waals surface area (Å²) >= 11 is 0. The first-order valence-electron chi connectivity index (χ1n) is 6.73. The summed E-state index contributed by atoms with van der Waals surface area (Å²) in [5.74, 6) is 0. The lowest BCUT2D eigenvalue weighted by Crippen LogP contribution is -2.48. The number of aryl methyl sites for hydroxylation is 1. The zero-order valence-corrected chi connectivity index (χ0v) is 11.1. The van der Waals surface area contributed by atoms with E-state index in [0.717, 1.165) is 19.5 Å². The monoisotopic (exact) mass is 232 g/mol. The topological polar surface area (TPSA) is 29.3 Å². The van der Waals surface area contributed by atoms with Crippen LogP contribution in [0.2, 0.25) is 0 Å². The Morgan fingerprint density at radius 1 is 1.24 bits per heavy atom. The maximum Gasteiger partial charge on any atom is 0.0366 e. The molecule has 0 saturated heterocycles. The lowest BCUT2D eigenvalue weighted by Gasteiger charge is -2.40. The number of hydrogen-bond acceptors (Lipinski definition) is 2. The SMILES string of the molecule is CCN(CCC1(N)CCC1)c1ccc(C)cc1. The zero-order valence-electron chi connectivity index (χ0n) is 11.1. The maximum atomic E-state index is 6.28. The third kappa shape index (κ3) is 3.01. The van der Waals surface area contributed by atoms with Crippen molar-refractivity contribution in [3.8, 4) is 0 Å². The van der Waals surface area contributed by atoms with Gasteiger partial charge in [-0.1, -0.05) is 17.7 Å². The lowest BCUT2D eigenvalue weighted by molar-refractivity contribution is 0.234. The molecular formula is C15H24N2. The van der Waals surface area contributed by atoms with E-state index in [1.807, 2.05) is 0 Å². The molecule has 0 heterocycles. The predicted molar refractivity (Wildman–Crippen MR) is 74.5 cm³/mol. The van der Waals surface area contributed by atoms with Crippen LogP contribution >= 0.6 is 0 Å². The fourth-order valence-corrected chi connectivity index (χ4v) is 2.46. The van der Waals surface area contributed by atoms with Crippen LogP contribution in [0.15, 0.2) is 24.3 Å². The van der Waals surface area contributed by atoms with E-state index in [9.17, 15) is 0 Å². The van der Waals surface area contributed by atoms with Crippen molar-refractivity contribution in [2.24, 2.45) is 5.73 Å². The highest BCUT2D eigenvalue weighted by Crippen LogP contribution is 2.32. The van der Waals surface area contributed by atoms with E-state index in [2.05, 4.69) is 43.0 Å². The highest BCUT2D eigenvalue weighted by atomic mass is 15.1. The molecule has 17 heavy (non-hydrogen) atoms. The molecule has 1 aliphatic rings. The van der Waals surface area contributed by atoms with E-state index < -0.39 is 0 Å². The molecule has 1 aromatic rings. The van der Waals surface area contributed by atoms with Gasteiger partial charge in [0.15, 0.2) is 0 Å². The van der Waals surface area contributed by atoms with Crippen LogP contribution in [0.4, 0.5) is 5.69 Å². The summed E-state index contributed by atoms with van der Waals surface area (Å²) < 4.78 is 0. The van der Waals surface area contributed by atoms with Crippen molar-refractivity contribution in [1.29, 1.82) is 0 Å². The molecule has 2 rings (SSSR count). The number of hydrogen-bond donors (Lipinski definition) is 1. The molecular weight excluding hydrogens is 208 g/mol. The van der Waals surface area contributed by atoms with Gasteiger partial charge < -0.3 is 10.6 Å². The molecule has 2 heteroatoms. The van der Waals surface area contributed by atoms with Crippen LogP contribution in [0.5, 0.6) is 0 Å². The second-order valence-corrected chi connectivity index (χ2v) is 5.38. The normalized spacial score (nSPS) is 17.6. The van der Waals surface area contributed by atoms with E-state index in [4.69, 9.17) is 5.73 Å². The third-order valence-corrected chi connectivity index (χ3v) is 4.01. The minimum atomic E-state index is 0.137. The first kappa shape index (κ1) is 12.4. The molecule has 1 aromatic carbocycles. The van der Waals surface area contributed by atoms with Crippen LogP contribution in [0.1, 0.15) is 38.2 Å². The third-order valence-electron chi connectivity index (χ3n) is 4.01. The minimum Gasteiger partial charge on any atom is -0.372 e. The molecule has 1 saturated carbocycles. The smallest absolute Gasteiger partial charge is 0.0366 e. The van der Waals surface area contributed by atoms with Gasteiger partial charge in [-0.25, -0.2) is 0 Å². The molecule has 2 nitrogen and oxygen atoms in total. The van der Waals surface area contributed by atoms with Crippen LogP contribution in [0, 0.1) is 6.92 Å². The summed E-state index contributed by atoms with van der Waals surface area (Å²) in [7, 11) is 0. The molecule has 0 aliphatic heterocycles. The highest BCUT2D eigenvalue weighted by Gasteiger charge is 2.32. The average molecular weight is 232 g/mol. The predicted octanol–water partition coefficient (Wildman–Crippen LogP) is 3.09. The summed E-state index contributed by atoms with van der Waals surface area (Å²) in [6.07, 6.45) is 4.85. The first-order chi connectivity index (χ1) is 8.13. The minimum absolute atomic E-state index is 0.137.